The van der Waals surface area contributed by atoms with Crippen molar-refractivity contribution in [2.45, 2.75) is 63.1 Å². The van der Waals surface area contributed by atoms with Gasteiger partial charge in [-0.25, -0.2) is 13.8 Å². The number of nitrogens with zero attached hydrogens (tertiary/aromatic N) is 7. The summed E-state index contributed by atoms with van der Waals surface area (Å²) in [6, 6.07) is 5.80. The van der Waals surface area contributed by atoms with Crippen LogP contribution in [0.2, 0.25) is 0 Å². The normalized spacial score (nSPS) is 23.5. The molecular formula is C38H41F5N8O2. The molecule has 4 aromatic rings. The first-order valence-corrected chi connectivity index (χ1v) is 18.3. The molecule has 4 saturated heterocycles. The van der Waals surface area contributed by atoms with E-state index in [9.17, 15) is 26.7 Å². The number of nitrogens with one attached hydrogen (secondary N) is 1. The van der Waals surface area contributed by atoms with Gasteiger partial charge in [0.15, 0.2) is 12.4 Å². The summed E-state index contributed by atoms with van der Waals surface area (Å²) in [5, 5.41) is 8.65. The molecule has 4 aliphatic heterocycles. The van der Waals surface area contributed by atoms with Gasteiger partial charge in [-0.3, -0.25) is 14.8 Å². The highest BCUT2D eigenvalue weighted by atomic mass is 19.4. The maximum atomic E-state index is 14.1. The number of aryl methyl sites for hydroxylation is 1. The van der Waals surface area contributed by atoms with Crippen LogP contribution in [0.3, 0.4) is 0 Å². The number of amides is 1. The quantitative estimate of drug-likeness (QED) is 0.172. The second-order valence-electron chi connectivity index (χ2n) is 15.6. The van der Waals surface area contributed by atoms with E-state index in [1.807, 2.05) is 28.9 Å². The summed E-state index contributed by atoms with van der Waals surface area (Å²) >= 11 is 0. The molecule has 280 valence electrons. The van der Waals surface area contributed by atoms with Crippen LogP contribution in [-0.2, 0) is 4.79 Å². The minimum absolute atomic E-state index is 0.00204. The van der Waals surface area contributed by atoms with Crippen molar-refractivity contribution in [3.63, 3.8) is 0 Å². The number of anilines is 2. The van der Waals surface area contributed by atoms with Crippen molar-refractivity contribution in [3.8, 4) is 16.9 Å². The summed E-state index contributed by atoms with van der Waals surface area (Å²) < 4.78 is 76.3. The van der Waals surface area contributed by atoms with Gasteiger partial charge in [-0.05, 0) is 73.4 Å². The second kappa shape index (κ2) is 12.5. The Hall–Kier alpha value is -4.53. The third-order valence-corrected chi connectivity index (χ3v) is 12.0. The highest BCUT2D eigenvalue weighted by Crippen LogP contribution is 2.53. The van der Waals surface area contributed by atoms with Crippen molar-refractivity contribution in [3.05, 3.63) is 48.2 Å². The molecule has 2 aromatic heterocycles. The zero-order valence-corrected chi connectivity index (χ0v) is 29.4. The van der Waals surface area contributed by atoms with Gasteiger partial charge in [0.1, 0.15) is 23.7 Å². The molecule has 53 heavy (non-hydrogen) atoms. The maximum absolute atomic E-state index is 14.1. The number of ether oxygens (including phenoxy) is 1. The van der Waals surface area contributed by atoms with Crippen LogP contribution in [0.1, 0.15) is 42.7 Å². The Morgan fingerprint density at radius 3 is 2.40 bits per heavy atom. The lowest BCUT2D eigenvalue weighted by molar-refractivity contribution is -0.153. The first kappa shape index (κ1) is 34.3. The summed E-state index contributed by atoms with van der Waals surface area (Å²) in [4.78, 5) is 30.1. The zero-order chi connectivity index (χ0) is 36.8. The molecule has 0 bridgehead atoms. The zero-order valence-electron chi connectivity index (χ0n) is 29.4. The molecule has 1 amide bonds. The molecular weight excluding hydrogens is 695 g/mol. The van der Waals surface area contributed by atoms with E-state index in [2.05, 4.69) is 27.7 Å². The number of alkyl halides is 5. The lowest BCUT2D eigenvalue weighted by Crippen LogP contribution is -2.61. The molecule has 5 fully saturated rings. The smallest absolute Gasteiger partial charge is 0.422 e. The Balaban J connectivity index is 1.18. The maximum Gasteiger partial charge on any atom is 0.422 e. The van der Waals surface area contributed by atoms with Gasteiger partial charge in [0.05, 0.1) is 11.7 Å². The number of benzene rings is 2. The van der Waals surface area contributed by atoms with Crippen molar-refractivity contribution < 1.29 is 31.5 Å². The molecule has 2 aromatic carbocycles. The predicted molar refractivity (Wildman–Crippen MR) is 191 cm³/mol. The lowest BCUT2D eigenvalue weighted by atomic mass is 9.72. The van der Waals surface area contributed by atoms with Gasteiger partial charge >= 0.3 is 6.18 Å². The molecule has 0 unspecified atom stereocenters. The Morgan fingerprint density at radius 2 is 1.74 bits per heavy atom. The monoisotopic (exact) mass is 736 g/mol. The first-order chi connectivity index (χ1) is 25.4. The highest BCUT2D eigenvalue weighted by Gasteiger charge is 2.47. The number of rotatable bonds is 8. The number of hydrogen-bond acceptors (Lipinski definition) is 8. The Bertz CT molecular complexity index is 2090. The molecule has 5 aliphatic rings. The van der Waals surface area contributed by atoms with Crippen LogP contribution in [0.5, 0.6) is 5.75 Å². The molecule has 1 aliphatic carbocycles. The number of carbonyl (C=O) groups excluding carboxylic acids is 1. The van der Waals surface area contributed by atoms with Crippen LogP contribution in [0.15, 0.2) is 37.1 Å². The minimum Gasteiger partial charge on any atom is -0.481 e. The Morgan fingerprint density at radius 1 is 1.02 bits per heavy atom. The number of piperidine rings is 1. The molecule has 2 atom stereocenters. The van der Waals surface area contributed by atoms with Gasteiger partial charge in [-0.15, -0.1) is 0 Å². The van der Waals surface area contributed by atoms with Crippen molar-refractivity contribution in [1.29, 1.82) is 0 Å². The number of likely N-dealkylation sites (tertiary alicyclic amines) is 2. The third-order valence-electron chi connectivity index (χ3n) is 12.0. The second-order valence-corrected chi connectivity index (χ2v) is 15.6. The van der Waals surface area contributed by atoms with Crippen LogP contribution >= 0.6 is 0 Å². The molecule has 1 N–H and O–H groups in total. The van der Waals surface area contributed by atoms with Crippen LogP contribution in [-0.4, -0.2) is 119 Å². The van der Waals surface area contributed by atoms with E-state index in [4.69, 9.17) is 14.7 Å². The predicted octanol–water partition coefficient (Wildman–Crippen LogP) is 6.10. The van der Waals surface area contributed by atoms with E-state index < -0.39 is 25.1 Å². The highest BCUT2D eigenvalue weighted by molar-refractivity contribution is 6.06. The number of H-pyrrole nitrogens is 1. The molecule has 6 heterocycles. The number of halogens is 5. The topological polar surface area (TPSA) is 93.7 Å². The van der Waals surface area contributed by atoms with Gasteiger partial charge in [-0.2, -0.15) is 23.3 Å². The minimum atomic E-state index is -4.61. The number of fused-ring (bicyclic) bond motifs is 2. The Labute approximate surface area is 303 Å². The molecule has 1 spiro atoms. The molecule has 9 rings (SSSR count). The van der Waals surface area contributed by atoms with Crippen LogP contribution in [0.25, 0.3) is 32.9 Å². The van der Waals surface area contributed by atoms with Gasteiger partial charge in [0, 0.05) is 80.2 Å². The number of aromatic amines is 1. The lowest BCUT2D eigenvalue weighted by Gasteiger charge is -2.54. The summed E-state index contributed by atoms with van der Waals surface area (Å²) in [5.74, 6) is 1.07. The number of aromatic nitrogens is 4. The average molecular weight is 737 g/mol. The van der Waals surface area contributed by atoms with Crippen LogP contribution < -0.4 is 14.5 Å². The number of carbonyl (C=O) groups is 1. The van der Waals surface area contributed by atoms with Crippen molar-refractivity contribution in [2.75, 3.05) is 68.8 Å². The standard InChI is InChI=1S/C38H41F5N8O2/c1-3-30(52)51-18-37(19-51)8-10-48(11-9-37)35-25-12-24(22-5-6-22)32(31-21(2)4-7-29-26(31)13-44-47-29)34(53-20-38(41,42)43)33(25)45-36(46-35)50-14-23(15-50)49-16-27(39)28(40)17-49/h3-4,7,12-13,22-23,27-28H,1,5-6,8-11,14-20H2,2H3,(H,44,47)/t27-,28+. The van der Waals surface area contributed by atoms with Crippen molar-refractivity contribution in [1.82, 2.24) is 30.0 Å². The SMILES string of the molecule is C=CC(=O)N1CC2(CCN(c3nc(N4CC(N5C[C@@H](F)[C@@H](F)C5)C4)nc4c(OCC(F)(F)F)c(-c5c(C)ccc6[nH]ncc56)c(C5CC5)cc34)CC2)C1. The fourth-order valence-corrected chi connectivity index (χ4v) is 8.80. The summed E-state index contributed by atoms with van der Waals surface area (Å²) in [5.41, 5.74) is 4.15. The van der Waals surface area contributed by atoms with Gasteiger partial charge in [0.25, 0.3) is 0 Å². The fourth-order valence-electron chi connectivity index (χ4n) is 8.80. The van der Waals surface area contributed by atoms with Gasteiger partial charge in [0.2, 0.25) is 11.9 Å². The van der Waals surface area contributed by atoms with E-state index in [1.165, 1.54) is 6.08 Å². The summed E-state index contributed by atoms with van der Waals surface area (Å²) in [6.07, 6.45) is -1.21. The van der Waals surface area contributed by atoms with Crippen molar-refractivity contribution >= 4 is 39.5 Å². The average Bonchev–Trinajstić information content (AvgIpc) is 3.74. The molecule has 10 nitrogen and oxygen atoms in total. The van der Waals surface area contributed by atoms with Crippen molar-refractivity contribution in [2.24, 2.45) is 5.41 Å². The van der Waals surface area contributed by atoms with E-state index in [0.717, 1.165) is 53.3 Å². The van der Waals surface area contributed by atoms with Gasteiger partial charge < -0.3 is 19.4 Å². The number of hydrogen-bond donors (Lipinski definition) is 1. The summed E-state index contributed by atoms with van der Waals surface area (Å²) in [7, 11) is 0. The fraction of sp³-hybridized carbons (Fsp3) is 0.526. The van der Waals surface area contributed by atoms with E-state index in [1.54, 1.807) is 11.1 Å². The molecule has 0 radical (unpaired) electrons. The largest absolute Gasteiger partial charge is 0.481 e. The van der Waals surface area contributed by atoms with E-state index in [0.29, 0.717) is 62.0 Å². The van der Waals surface area contributed by atoms with E-state index in [-0.39, 0.29) is 47.6 Å². The summed E-state index contributed by atoms with van der Waals surface area (Å²) in [6.45, 7) is 7.56. The van der Waals surface area contributed by atoms with Crippen LogP contribution in [0, 0.1) is 12.3 Å². The Kier molecular flexibility index (Phi) is 8.09. The first-order valence-electron chi connectivity index (χ1n) is 18.3. The molecule has 15 heteroatoms. The van der Waals surface area contributed by atoms with E-state index >= 15 is 0 Å². The molecule has 1 saturated carbocycles. The third kappa shape index (κ3) is 6.04. The van der Waals surface area contributed by atoms with Gasteiger partial charge in [-0.1, -0.05) is 12.6 Å². The van der Waals surface area contributed by atoms with Crippen LogP contribution in [0.4, 0.5) is 33.7 Å².